The molecule has 0 spiro atoms. The number of aryl methyl sites for hydroxylation is 1. The lowest BCUT2D eigenvalue weighted by Gasteiger charge is -2.32. The maximum atomic E-state index is 13.0. The maximum absolute atomic E-state index is 13.0. The zero-order chi connectivity index (χ0) is 20.2. The molecule has 2 saturated heterocycles. The van der Waals surface area contributed by atoms with Gasteiger partial charge < -0.3 is 15.1 Å². The minimum atomic E-state index is -0.536. The van der Waals surface area contributed by atoms with Crippen molar-refractivity contribution in [3.05, 3.63) is 47.8 Å². The molecule has 1 unspecified atom stereocenters. The number of rotatable bonds is 4. The first-order valence-corrected chi connectivity index (χ1v) is 10.4. The van der Waals surface area contributed by atoms with Crippen LogP contribution in [0.25, 0.3) is 0 Å². The summed E-state index contributed by atoms with van der Waals surface area (Å²) in [6.45, 7) is 4.51. The van der Waals surface area contributed by atoms with Crippen LogP contribution in [0.15, 0.2) is 36.5 Å². The molecule has 1 atom stereocenters. The SMILES string of the molecule is Cc1ccc(N2CCCC(NC(=O)c3ccnc(N4CCCCC4)n3)C2=O)cc1. The van der Waals surface area contributed by atoms with E-state index in [4.69, 9.17) is 0 Å². The first-order chi connectivity index (χ1) is 14.1. The van der Waals surface area contributed by atoms with Gasteiger partial charge in [-0.2, -0.15) is 0 Å². The molecule has 2 aliphatic heterocycles. The van der Waals surface area contributed by atoms with E-state index in [-0.39, 0.29) is 11.8 Å². The van der Waals surface area contributed by atoms with Gasteiger partial charge in [0.25, 0.3) is 5.91 Å². The predicted molar refractivity (Wildman–Crippen MR) is 112 cm³/mol. The van der Waals surface area contributed by atoms with Crippen LogP contribution in [-0.2, 0) is 4.79 Å². The van der Waals surface area contributed by atoms with E-state index in [1.165, 1.54) is 6.42 Å². The molecule has 29 heavy (non-hydrogen) atoms. The standard InChI is InChI=1S/C22H27N5O2/c1-16-7-9-17(10-8-16)27-15-5-6-19(21(27)29)24-20(28)18-11-12-23-22(25-18)26-13-3-2-4-14-26/h7-12,19H,2-6,13-15H2,1H3,(H,24,28). The van der Waals surface area contributed by atoms with E-state index in [1.807, 2.05) is 31.2 Å². The van der Waals surface area contributed by atoms with E-state index in [2.05, 4.69) is 20.2 Å². The third kappa shape index (κ3) is 4.39. The first kappa shape index (κ1) is 19.4. The number of hydrogen-bond acceptors (Lipinski definition) is 5. The van der Waals surface area contributed by atoms with Gasteiger partial charge in [-0.05, 0) is 57.2 Å². The minimum Gasteiger partial charge on any atom is -0.341 e. The van der Waals surface area contributed by atoms with Crippen molar-refractivity contribution in [2.45, 2.75) is 45.1 Å². The Morgan fingerprint density at radius 2 is 1.79 bits per heavy atom. The van der Waals surface area contributed by atoms with Crippen LogP contribution in [0.1, 0.15) is 48.2 Å². The topological polar surface area (TPSA) is 78.4 Å². The molecule has 1 aromatic carbocycles. The van der Waals surface area contributed by atoms with Crippen LogP contribution in [0.2, 0.25) is 0 Å². The van der Waals surface area contributed by atoms with Crippen molar-refractivity contribution in [3.8, 4) is 0 Å². The molecule has 0 aliphatic carbocycles. The number of nitrogens with zero attached hydrogens (tertiary/aromatic N) is 4. The van der Waals surface area contributed by atoms with Gasteiger partial charge in [-0.3, -0.25) is 9.59 Å². The fourth-order valence-electron chi connectivity index (χ4n) is 3.94. The molecular formula is C22H27N5O2. The van der Waals surface area contributed by atoms with Gasteiger partial charge in [0.2, 0.25) is 11.9 Å². The van der Waals surface area contributed by atoms with Crippen molar-refractivity contribution < 1.29 is 9.59 Å². The summed E-state index contributed by atoms with van der Waals surface area (Å²) in [5.74, 6) is 0.196. The average molecular weight is 393 g/mol. The summed E-state index contributed by atoms with van der Waals surface area (Å²) in [4.78, 5) is 38.4. The summed E-state index contributed by atoms with van der Waals surface area (Å²) < 4.78 is 0. The summed E-state index contributed by atoms with van der Waals surface area (Å²) in [5.41, 5.74) is 2.33. The van der Waals surface area contributed by atoms with Gasteiger partial charge >= 0.3 is 0 Å². The van der Waals surface area contributed by atoms with Crippen LogP contribution >= 0.6 is 0 Å². The van der Waals surface area contributed by atoms with Gasteiger partial charge in [0.15, 0.2) is 0 Å². The Bertz CT molecular complexity index is 877. The van der Waals surface area contributed by atoms with E-state index < -0.39 is 6.04 Å². The molecule has 7 nitrogen and oxygen atoms in total. The lowest BCUT2D eigenvalue weighted by Crippen LogP contribution is -2.52. The second-order valence-electron chi connectivity index (χ2n) is 7.78. The number of benzene rings is 1. The summed E-state index contributed by atoms with van der Waals surface area (Å²) in [7, 11) is 0. The van der Waals surface area contributed by atoms with Gasteiger partial charge in [0.1, 0.15) is 11.7 Å². The molecule has 0 saturated carbocycles. The highest BCUT2D eigenvalue weighted by molar-refractivity contribution is 6.02. The highest BCUT2D eigenvalue weighted by Gasteiger charge is 2.31. The van der Waals surface area contributed by atoms with Crippen molar-refractivity contribution in [1.82, 2.24) is 15.3 Å². The zero-order valence-corrected chi connectivity index (χ0v) is 16.8. The highest BCUT2D eigenvalue weighted by atomic mass is 16.2. The van der Waals surface area contributed by atoms with Crippen molar-refractivity contribution in [1.29, 1.82) is 0 Å². The number of piperidine rings is 2. The molecule has 3 heterocycles. The van der Waals surface area contributed by atoms with E-state index in [0.29, 0.717) is 24.6 Å². The first-order valence-electron chi connectivity index (χ1n) is 10.4. The largest absolute Gasteiger partial charge is 0.341 e. The number of aromatic nitrogens is 2. The molecule has 2 aromatic rings. The summed E-state index contributed by atoms with van der Waals surface area (Å²) in [5, 5.41) is 2.89. The van der Waals surface area contributed by atoms with Crippen molar-refractivity contribution in [2.24, 2.45) is 0 Å². The molecule has 152 valence electrons. The Kier molecular flexibility index (Phi) is 5.74. The number of nitrogens with one attached hydrogen (secondary N) is 1. The van der Waals surface area contributed by atoms with E-state index >= 15 is 0 Å². The molecular weight excluding hydrogens is 366 g/mol. The predicted octanol–water partition coefficient (Wildman–Crippen LogP) is 2.70. The Labute approximate surface area is 171 Å². The number of anilines is 2. The molecule has 1 aromatic heterocycles. The second-order valence-corrected chi connectivity index (χ2v) is 7.78. The summed E-state index contributed by atoms with van der Waals surface area (Å²) in [6.07, 6.45) is 6.55. The number of carbonyl (C=O) groups is 2. The Balaban J connectivity index is 1.45. The van der Waals surface area contributed by atoms with E-state index in [0.717, 1.165) is 43.6 Å². The summed E-state index contributed by atoms with van der Waals surface area (Å²) >= 11 is 0. The van der Waals surface area contributed by atoms with Crippen LogP contribution in [0.5, 0.6) is 0 Å². The highest BCUT2D eigenvalue weighted by Crippen LogP contribution is 2.22. The fourth-order valence-corrected chi connectivity index (χ4v) is 3.94. The third-order valence-corrected chi connectivity index (χ3v) is 5.60. The van der Waals surface area contributed by atoms with Crippen molar-refractivity contribution >= 4 is 23.5 Å². The molecule has 4 rings (SSSR count). The van der Waals surface area contributed by atoms with Gasteiger partial charge in [-0.25, -0.2) is 9.97 Å². The minimum absolute atomic E-state index is 0.0706. The molecule has 1 N–H and O–H groups in total. The molecule has 2 amide bonds. The van der Waals surface area contributed by atoms with Crippen molar-refractivity contribution in [3.63, 3.8) is 0 Å². The Morgan fingerprint density at radius 1 is 1.03 bits per heavy atom. The van der Waals surface area contributed by atoms with E-state index in [1.54, 1.807) is 17.2 Å². The lowest BCUT2D eigenvalue weighted by molar-refractivity contribution is -0.121. The number of carbonyl (C=O) groups excluding carboxylic acids is 2. The third-order valence-electron chi connectivity index (χ3n) is 5.60. The van der Waals surface area contributed by atoms with Gasteiger partial charge in [0, 0.05) is 31.5 Å². The lowest BCUT2D eigenvalue weighted by atomic mass is 10.0. The molecule has 2 aliphatic rings. The van der Waals surface area contributed by atoms with Gasteiger partial charge in [-0.15, -0.1) is 0 Å². The van der Waals surface area contributed by atoms with E-state index in [9.17, 15) is 9.59 Å². The maximum Gasteiger partial charge on any atom is 0.270 e. The quantitative estimate of drug-likeness (QED) is 0.864. The Hall–Kier alpha value is -2.96. The van der Waals surface area contributed by atoms with Gasteiger partial charge in [0.05, 0.1) is 0 Å². The van der Waals surface area contributed by atoms with Crippen molar-refractivity contribution in [2.75, 3.05) is 29.4 Å². The van der Waals surface area contributed by atoms with Gasteiger partial charge in [-0.1, -0.05) is 17.7 Å². The smallest absolute Gasteiger partial charge is 0.270 e. The normalized spacial score (nSPS) is 19.9. The van der Waals surface area contributed by atoms with Crippen LogP contribution in [0.3, 0.4) is 0 Å². The van der Waals surface area contributed by atoms with Crippen LogP contribution in [0.4, 0.5) is 11.6 Å². The number of amides is 2. The fraction of sp³-hybridized carbons (Fsp3) is 0.455. The second kappa shape index (κ2) is 8.59. The van der Waals surface area contributed by atoms with Crippen LogP contribution in [-0.4, -0.2) is 47.5 Å². The molecule has 0 bridgehead atoms. The Morgan fingerprint density at radius 3 is 2.55 bits per heavy atom. The van der Waals surface area contributed by atoms with Crippen LogP contribution in [0, 0.1) is 6.92 Å². The zero-order valence-electron chi connectivity index (χ0n) is 16.8. The summed E-state index contributed by atoms with van der Waals surface area (Å²) in [6, 6.07) is 8.96. The molecule has 2 fully saturated rings. The molecule has 0 radical (unpaired) electrons. The average Bonchev–Trinajstić information content (AvgIpc) is 2.77. The van der Waals surface area contributed by atoms with Crippen LogP contribution < -0.4 is 15.1 Å². The molecule has 7 heteroatoms. The monoisotopic (exact) mass is 393 g/mol. The number of hydrogen-bond donors (Lipinski definition) is 1.